The molecule has 1 heterocycles. The van der Waals surface area contributed by atoms with Gasteiger partial charge in [0.05, 0.1) is 12.2 Å². The molecule has 0 saturated carbocycles. The highest BCUT2D eigenvalue weighted by Crippen LogP contribution is 2.41. The molecule has 0 radical (unpaired) electrons. The van der Waals surface area contributed by atoms with Crippen molar-refractivity contribution in [3.05, 3.63) is 24.0 Å². The van der Waals surface area contributed by atoms with Crippen molar-refractivity contribution in [3.63, 3.8) is 0 Å². The highest BCUT2D eigenvalue weighted by atomic mass is 19.4. The van der Waals surface area contributed by atoms with Gasteiger partial charge < -0.3 is 15.4 Å². The largest absolute Gasteiger partial charge is 0.486 e. The smallest absolute Gasteiger partial charge is 0.455 e. The maximum Gasteiger partial charge on any atom is 0.455 e. The number of amides is 3. The molecule has 0 saturated heterocycles. The fourth-order valence-electron chi connectivity index (χ4n) is 3.51. The molecule has 1 aliphatic heterocycles. The Labute approximate surface area is 204 Å². The first kappa shape index (κ1) is 30.0. The normalized spacial score (nSPS) is 19.1. The lowest BCUT2D eigenvalue weighted by molar-refractivity contribution is -0.287. The third-order valence-corrected chi connectivity index (χ3v) is 5.63. The van der Waals surface area contributed by atoms with Crippen LogP contribution in [0.5, 0.6) is 5.75 Å². The summed E-state index contributed by atoms with van der Waals surface area (Å²) in [6, 6.07) is -0.477. The van der Waals surface area contributed by atoms with Gasteiger partial charge in [-0.15, -0.1) is 0 Å². The maximum atomic E-state index is 14.2. The third kappa shape index (κ3) is 6.21. The minimum atomic E-state index is -6.25. The van der Waals surface area contributed by atoms with Gasteiger partial charge >= 0.3 is 18.3 Å². The van der Waals surface area contributed by atoms with E-state index in [4.69, 9.17) is 10.5 Å². The van der Waals surface area contributed by atoms with Crippen molar-refractivity contribution < 1.29 is 58.6 Å². The van der Waals surface area contributed by atoms with E-state index in [1.165, 1.54) is 6.92 Å². The number of primary amides is 1. The minimum absolute atomic E-state index is 0.123. The monoisotopic (exact) mass is 551 g/mol. The van der Waals surface area contributed by atoms with Gasteiger partial charge in [-0.05, 0) is 32.4 Å². The van der Waals surface area contributed by atoms with Gasteiger partial charge in [0.2, 0.25) is 11.8 Å². The predicted molar refractivity (Wildman–Crippen MR) is 109 cm³/mol. The Kier molecular flexibility index (Phi) is 8.06. The van der Waals surface area contributed by atoms with E-state index in [0.717, 1.165) is 26.0 Å². The van der Waals surface area contributed by atoms with Crippen LogP contribution in [-0.2, 0) is 14.4 Å². The molecule has 0 aromatic heterocycles. The summed E-state index contributed by atoms with van der Waals surface area (Å²) < 4.78 is 127. The van der Waals surface area contributed by atoms with Crippen LogP contribution in [0.2, 0.25) is 0 Å². The summed E-state index contributed by atoms with van der Waals surface area (Å²) in [5, 5.41) is 0. The standard InChI is InChI=1S/C21H22F9N3O4/c1-4-12-14(33(8-19(23,24)21(28,29)30)17(36)18(2,3)16(31)35)15(34)32(9-20(25,26)27)11-7-10(22)5-6-13(11)37-12/h5-7,12,14H,4,8-9H2,1-3H3,(H2,31,35)/t12-,14+/m0/s1. The van der Waals surface area contributed by atoms with Crippen LogP contribution in [0.25, 0.3) is 0 Å². The molecule has 1 aromatic rings. The van der Waals surface area contributed by atoms with E-state index in [-0.39, 0.29) is 9.80 Å². The van der Waals surface area contributed by atoms with E-state index in [0.29, 0.717) is 6.07 Å². The molecule has 0 spiro atoms. The number of anilines is 1. The van der Waals surface area contributed by atoms with Crippen molar-refractivity contribution in [1.29, 1.82) is 0 Å². The van der Waals surface area contributed by atoms with E-state index in [2.05, 4.69) is 0 Å². The fraction of sp³-hybridized carbons (Fsp3) is 0.571. The van der Waals surface area contributed by atoms with Crippen LogP contribution >= 0.6 is 0 Å². The van der Waals surface area contributed by atoms with Gasteiger partial charge in [0, 0.05) is 6.07 Å². The SMILES string of the molecule is CC[C@@H]1Oc2ccc(F)cc2N(CC(F)(F)F)C(=O)[C@@H]1N(CC(F)(F)C(F)(F)F)C(=O)C(C)(C)C(N)=O. The van der Waals surface area contributed by atoms with Crippen LogP contribution in [0.15, 0.2) is 18.2 Å². The van der Waals surface area contributed by atoms with E-state index in [9.17, 15) is 53.9 Å². The van der Waals surface area contributed by atoms with Crippen LogP contribution in [0.1, 0.15) is 27.2 Å². The first-order valence-electron chi connectivity index (χ1n) is 10.5. The summed E-state index contributed by atoms with van der Waals surface area (Å²) in [6.07, 6.45) is -13.6. The molecule has 0 unspecified atom stereocenters. The molecule has 2 N–H and O–H groups in total. The van der Waals surface area contributed by atoms with Crippen molar-refractivity contribution in [2.75, 3.05) is 18.0 Å². The first-order valence-corrected chi connectivity index (χ1v) is 10.5. The first-order chi connectivity index (χ1) is 16.6. The molecule has 1 aromatic carbocycles. The van der Waals surface area contributed by atoms with Gasteiger partial charge in [-0.2, -0.15) is 35.1 Å². The molecule has 37 heavy (non-hydrogen) atoms. The van der Waals surface area contributed by atoms with Crippen LogP contribution in [0.4, 0.5) is 45.2 Å². The Morgan fingerprint density at radius 1 is 1.08 bits per heavy atom. The summed E-state index contributed by atoms with van der Waals surface area (Å²) in [5.74, 6) is -12.4. The molecule has 3 amide bonds. The molecule has 16 heteroatoms. The molecule has 208 valence electrons. The Balaban J connectivity index is 2.81. The van der Waals surface area contributed by atoms with Gasteiger partial charge in [-0.25, -0.2) is 4.39 Å². The Hall–Kier alpha value is -3.20. The molecule has 1 aliphatic rings. The second kappa shape index (κ2) is 9.93. The predicted octanol–water partition coefficient (Wildman–Crippen LogP) is 3.80. The highest BCUT2D eigenvalue weighted by molar-refractivity contribution is 6.07. The van der Waals surface area contributed by atoms with Gasteiger partial charge in [0.1, 0.15) is 35.7 Å². The molecular weight excluding hydrogens is 529 g/mol. The average molecular weight is 551 g/mol. The van der Waals surface area contributed by atoms with E-state index in [1.54, 1.807) is 0 Å². The number of carbonyl (C=O) groups is 3. The summed E-state index contributed by atoms with van der Waals surface area (Å²) >= 11 is 0. The summed E-state index contributed by atoms with van der Waals surface area (Å²) in [4.78, 5) is 38.0. The van der Waals surface area contributed by atoms with Gasteiger partial charge in [-0.3, -0.25) is 19.3 Å². The fourth-order valence-corrected chi connectivity index (χ4v) is 3.51. The number of nitrogens with zero attached hydrogens (tertiary/aromatic N) is 2. The zero-order chi connectivity index (χ0) is 28.7. The molecule has 0 aliphatic carbocycles. The van der Waals surface area contributed by atoms with Gasteiger partial charge in [0.15, 0.2) is 0 Å². The van der Waals surface area contributed by atoms with Crippen molar-refractivity contribution in [3.8, 4) is 5.75 Å². The molecule has 7 nitrogen and oxygen atoms in total. The lowest BCUT2D eigenvalue weighted by Gasteiger charge is -2.40. The summed E-state index contributed by atoms with van der Waals surface area (Å²) in [7, 11) is 0. The number of benzene rings is 1. The number of carbonyl (C=O) groups excluding carboxylic acids is 3. The minimum Gasteiger partial charge on any atom is -0.486 e. The number of alkyl halides is 8. The number of rotatable bonds is 7. The Morgan fingerprint density at radius 3 is 2.11 bits per heavy atom. The van der Waals surface area contributed by atoms with Gasteiger partial charge in [-0.1, -0.05) is 6.92 Å². The van der Waals surface area contributed by atoms with E-state index in [1.807, 2.05) is 0 Å². The maximum absolute atomic E-state index is 14.2. The molecule has 2 atom stereocenters. The molecule has 0 bridgehead atoms. The number of hydrogen-bond donors (Lipinski definition) is 1. The summed E-state index contributed by atoms with van der Waals surface area (Å²) in [5.41, 5.74) is 1.83. The second-order valence-corrected chi connectivity index (χ2v) is 8.79. The number of halogens is 9. The lowest BCUT2D eigenvalue weighted by atomic mass is 9.89. The summed E-state index contributed by atoms with van der Waals surface area (Å²) in [6.45, 7) is -1.88. The number of hydrogen-bond acceptors (Lipinski definition) is 4. The van der Waals surface area contributed by atoms with E-state index >= 15 is 0 Å². The lowest BCUT2D eigenvalue weighted by Crippen LogP contribution is -2.64. The topological polar surface area (TPSA) is 92.9 Å². The van der Waals surface area contributed by atoms with Gasteiger partial charge in [0.25, 0.3) is 5.91 Å². The molecule has 2 rings (SSSR count). The van der Waals surface area contributed by atoms with Crippen LogP contribution in [0, 0.1) is 11.2 Å². The van der Waals surface area contributed by atoms with E-state index < -0.39 is 90.3 Å². The van der Waals surface area contributed by atoms with Crippen LogP contribution in [0.3, 0.4) is 0 Å². The van der Waals surface area contributed by atoms with Crippen LogP contribution in [-0.4, -0.2) is 66.1 Å². The zero-order valence-electron chi connectivity index (χ0n) is 19.5. The average Bonchev–Trinajstić information content (AvgIpc) is 2.84. The molecule has 0 fully saturated rings. The Morgan fingerprint density at radius 2 is 1.65 bits per heavy atom. The zero-order valence-corrected chi connectivity index (χ0v) is 19.5. The number of nitrogens with two attached hydrogens (primary N) is 1. The quantitative estimate of drug-likeness (QED) is 0.412. The van der Waals surface area contributed by atoms with Crippen LogP contribution < -0.4 is 15.4 Å². The second-order valence-electron chi connectivity index (χ2n) is 8.79. The van der Waals surface area contributed by atoms with Crippen molar-refractivity contribution in [2.24, 2.45) is 11.1 Å². The Bertz CT molecular complexity index is 1060. The van der Waals surface area contributed by atoms with Crippen molar-refractivity contribution in [1.82, 2.24) is 4.90 Å². The molecular formula is C21H22F9N3O4. The van der Waals surface area contributed by atoms with Crippen molar-refractivity contribution >= 4 is 23.4 Å². The van der Waals surface area contributed by atoms with Crippen molar-refractivity contribution in [2.45, 2.75) is 57.6 Å². The highest BCUT2D eigenvalue weighted by Gasteiger charge is 2.61. The number of ether oxygens (including phenoxy) is 1. The number of fused-ring (bicyclic) bond motifs is 1. The third-order valence-electron chi connectivity index (χ3n) is 5.63.